The molecule has 17 heavy (non-hydrogen) atoms. The zero-order valence-electron chi connectivity index (χ0n) is 9.32. The zero-order chi connectivity index (χ0) is 11.5. The maximum absolute atomic E-state index is 11.3. The molecule has 2 rings (SSSR count). The van der Waals surface area contributed by atoms with E-state index in [4.69, 9.17) is 0 Å². The summed E-state index contributed by atoms with van der Waals surface area (Å²) in [6.07, 6.45) is 8.11. The third-order valence-electron chi connectivity index (χ3n) is 3.35. The Morgan fingerprint density at radius 2 is 1.65 bits per heavy atom. The van der Waals surface area contributed by atoms with Crippen LogP contribution in [0.2, 0.25) is 0 Å². The van der Waals surface area contributed by atoms with Gasteiger partial charge in [0.2, 0.25) is 0 Å². The Bertz CT molecular complexity index is 328. The van der Waals surface area contributed by atoms with Crippen molar-refractivity contribution in [2.75, 3.05) is 6.54 Å². The quantitative estimate of drug-likeness (QED) is 0.438. The molecule has 0 saturated heterocycles. The summed E-state index contributed by atoms with van der Waals surface area (Å²) in [6, 6.07) is 0. The number of nitrogens with zero attached hydrogens (tertiary/aromatic N) is 1. The minimum absolute atomic E-state index is 0. The van der Waals surface area contributed by atoms with E-state index in [1.165, 1.54) is 17.1 Å². The van der Waals surface area contributed by atoms with Crippen LogP contribution < -0.4 is 0 Å². The predicted octanol–water partition coefficient (Wildman–Crippen LogP) is 0.825. The molecule has 2 amide bonds. The van der Waals surface area contributed by atoms with Crippen LogP contribution in [0.1, 0.15) is 25.7 Å². The first-order valence-corrected chi connectivity index (χ1v) is 5.62. The van der Waals surface area contributed by atoms with E-state index >= 15 is 0 Å². The largest absolute Gasteiger partial charge is 1.00 e. The fraction of sp³-hybridized carbons (Fsp3) is 0.583. The molecular weight excluding hydrogens is 314 g/mol. The smallest absolute Gasteiger partial charge is 0.542 e. The summed E-state index contributed by atoms with van der Waals surface area (Å²) in [4.78, 5) is 34.4. The van der Waals surface area contributed by atoms with Crippen molar-refractivity contribution < 1.29 is 36.8 Å². The van der Waals surface area contributed by atoms with E-state index in [0.29, 0.717) is 12.5 Å². The summed E-state index contributed by atoms with van der Waals surface area (Å²) in [6.45, 7) is 0.496. The van der Waals surface area contributed by atoms with Crippen LogP contribution in [0.3, 0.4) is 0 Å². The number of rotatable bonds is 3. The Kier molecular flexibility index (Phi) is 5.31. The fourth-order valence-electron chi connectivity index (χ4n) is 2.33. The molecule has 0 unspecified atom stereocenters. The average Bonchev–Trinajstić information content (AvgIpc) is 2.62. The minimum atomic E-state index is -0.214. The van der Waals surface area contributed by atoms with Gasteiger partial charge in [-0.2, -0.15) is 0 Å². The molecular formula is C12H14AgNO3. The maximum Gasteiger partial charge on any atom is 1.00 e. The van der Waals surface area contributed by atoms with Crippen molar-refractivity contribution in [3.63, 3.8) is 0 Å². The number of hydrogen-bond donors (Lipinski definition) is 0. The van der Waals surface area contributed by atoms with E-state index in [9.17, 15) is 14.4 Å². The number of imide groups is 1. The summed E-state index contributed by atoms with van der Waals surface area (Å²) >= 11 is 0. The van der Waals surface area contributed by atoms with Crippen LogP contribution in [0.15, 0.2) is 12.2 Å². The molecule has 0 bridgehead atoms. The molecule has 1 heterocycles. The summed E-state index contributed by atoms with van der Waals surface area (Å²) in [5.41, 5.74) is 0. The van der Waals surface area contributed by atoms with Crippen LogP contribution >= 0.6 is 0 Å². The molecule has 0 N–H and O–H groups in total. The Morgan fingerprint density at radius 1 is 1.12 bits per heavy atom. The van der Waals surface area contributed by atoms with Crippen molar-refractivity contribution in [2.45, 2.75) is 25.7 Å². The van der Waals surface area contributed by atoms with Crippen molar-refractivity contribution in [3.8, 4) is 0 Å². The molecule has 1 fully saturated rings. The van der Waals surface area contributed by atoms with Gasteiger partial charge in [-0.25, -0.2) is 0 Å². The van der Waals surface area contributed by atoms with Gasteiger partial charge in [0.05, 0.1) is 0 Å². The van der Waals surface area contributed by atoms with E-state index in [-0.39, 0.29) is 40.1 Å². The van der Waals surface area contributed by atoms with Gasteiger partial charge in [0, 0.05) is 18.7 Å². The van der Waals surface area contributed by atoms with Crippen LogP contribution in [-0.4, -0.2) is 29.5 Å². The van der Waals surface area contributed by atoms with Crippen LogP contribution in [0.5, 0.6) is 0 Å². The van der Waals surface area contributed by atoms with Gasteiger partial charge in [-0.3, -0.25) is 20.8 Å². The molecule has 0 aromatic rings. The van der Waals surface area contributed by atoms with Crippen LogP contribution in [0.4, 0.5) is 0 Å². The molecule has 0 atom stereocenters. The van der Waals surface area contributed by atoms with Crippen LogP contribution in [0, 0.1) is 11.8 Å². The van der Waals surface area contributed by atoms with Gasteiger partial charge in [0.1, 0.15) is 0 Å². The molecule has 0 radical (unpaired) electrons. The van der Waals surface area contributed by atoms with Crippen LogP contribution in [-0.2, 0) is 36.8 Å². The molecule has 5 heteroatoms. The molecule has 0 spiro atoms. The summed E-state index contributed by atoms with van der Waals surface area (Å²) in [7, 11) is 0. The van der Waals surface area contributed by atoms with Crippen LogP contribution in [0.25, 0.3) is 0 Å². The molecule has 0 aromatic carbocycles. The minimum Gasteiger partial charge on any atom is -0.542 e. The summed E-state index contributed by atoms with van der Waals surface area (Å²) < 4.78 is 0. The molecule has 4 nitrogen and oxygen atoms in total. The number of hydrogen-bond acceptors (Lipinski definition) is 3. The number of amides is 2. The van der Waals surface area contributed by atoms with Gasteiger partial charge in [-0.05, 0) is 5.92 Å². The van der Waals surface area contributed by atoms with Gasteiger partial charge in [0.25, 0.3) is 11.8 Å². The number of carbonyl (C=O) groups excluding carboxylic acids is 3. The maximum atomic E-state index is 11.3. The second-order valence-electron chi connectivity index (χ2n) is 4.46. The first-order valence-electron chi connectivity index (χ1n) is 5.62. The zero-order valence-corrected chi connectivity index (χ0v) is 10.8. The molecule has 0 aromatic heterocycles. The van der Waals surface area contributed by atoms with Gasteiger partial charge >= 0.3 is 22.4 Å². The Morgan fingerprint density at radius 3 is 2.12 bits per heavy atom. The van der Waals surface area contributed by atoms with Crippen molar-refractivity contribution in [1.82, 2.24) is 4.90 Å². The molecule has 1 aliphatic heterocycles. The molecule has 1 aliphatic carbocycles. The van der Waals surface area contributed by atoms with Gasteiger partial charge in [-0.1, -0.05) is 25.7 Å². The van der Waals surface area contributed by atoms with E-state index < -0.39 is 0 Å². The van der Waals surface area contributed by atoms with E-state index in [1.54, 1.807) is 0 Å². The first kappa shape index (κ1) is 14.4. The Labute approximate surface area is 116 Å². The van der Waals surface area contributed by atoms with E-state index in [2.05, 4.69) is 0 Å². The first-order chi connectivity index (χ1) is 7.70. The molecule has 96 valence electrons. The van der Waals surface area contributed by atoms with E-state index in [1.807, 2.05) is 6.29 Å². The summed E-state index contributed by atoms with van der Waals surface area (Å²) in [5.74, 6) is -0.0279. The third-order valence-corrected chi connectivity index (χ3v) is 3.35. The van der Waals surface area contributed by atoms with Gasteiger partial charge in [0.15, 0.2) is 0 Å². The SMILES string of the molecule is O=[C-]C1CCC(CN2C(=O)C=CC2=O)CC1.[Ag+]. The standard InChI is InChI=1S/C12H14NO3.Ag/c14-8-10-3-1-9(2-4-10)7-13-11(15)5-6-12(13)16;/h5-6,9-10H,1-4,7H2;/q-1;+1. The summed E-state index contributed by atoms with van der Waals surface area (Å²) in [5, 5.41) is 0. The normalized spacial score (nSPS) is 28.1. The topological polar surface area (TPSA) is 54.5 Å². The van der Waals surface area contributed by atoms with Crippen molar-refractivity contribution in [2.24, 2.45) is 11.8 Å². The van der Waals surface area contributed by atoms with Crippen molar-refractivity contribution >= 4 is 18.1 Å². The van der Waals surface area contributed by atoms with E-state index in [0.717, 1.165) is 25.7 Å². The monoisotopic (exact) mass is 327 g/mol. The van der Waals surface area contributed by atoms with Gasteiger partial charge in [-0.15, -0.1) is 5.92 Å². The Balaban J connectivity index is 0.00000144. The Hall–Kier alpha value is -0.710. The third kappa shape index (κ3) is 3.37. The van der Waals surface area contributed by atoms with Crippen molar-refractivity contribution in [3.05, 3.63) is 12.2 Å². The fourth-order valence-corrected chi connectivity index (χ4v) is 2.33. The average molecular weight is 328 g/mol. The second-order valence-corrected chi connectivity index (χ2v) is 4.46. The van der Waals surface area contributed by atoms with Gasteiger partial charge < -0.3 is 4.79 Å². The molecule has 2 aliphatic rings. The molecule has 1 saturated carbocycles. The second kappa shape index (κ2) is 6.28. The van der Waals surface area contributed by atoms with Crippen molar-refractivity contribution in [1.29, 1.82) is 0 Å². The number of carbonyl (C=O) groups is 2. The predicted molar refractivity (Wildman–Crippen MR) is 57.0 cm³/mol.